The Morgan fingerprint density at radius 2 is 2.00 bits per heavy atom. The van der Waals surface area contributed by atoms with E-state index >= 15 is 0 Å². The van der Waals surface area contributed by atoms with Gasteiger partial charge in [0.2, 0.25) is 0 Å². The minimum Gasteiger partial charge on any atom is -0.490 e. The minimum atomic E-state index is -4.54. The molecule has 1 unspecified atom stereocenters. The first-order valence-corrected chi connectivity index (χ1v) is 7.77. The van der Waals surface area contributed by atoms with Crippen LogP contribution in [-0.4, -0.2) is 42.9 Å². The van der Waals surface area contributed by atoms with Crippen LogP contribution in [0.3, 0.4) is 0 Å². The second kappa shape index (κ2) is 6.40. The molecular weight excluding hydrogens is 339 g/mol. The number of carbonyl (C=O) groups is 1. The summed E-state index contributed by atoms with van der Waals surface area (Å²) in [4.78, 5) is 13.4. The minimum absolute atomic E-state index is 0.0337. The van der Waals surface area contributed by atoms with Crippen molar-refractivity contribution in [1.82, 2.24) is 4.90 Å². The highest BCUT2D eigenvalue weighted by molar-refractivity contribution is 5.67. The average Bonchev–Trinajstić information content (AvgIpc) is 2.80. The van der Waals surface area contributed by atoms with E-state index in [9.17, 15) is 23.1 Å². The third-order valence-electron chi connectivity index (χ3n) is 3.73. The SMILES string of the molecule is CN(CC(C)(C)C)C(=O)OCC1(O)COc2ccc(C(F)(F)F)cc21. The summed E-state index contributed by atoms with van der Waals surface area (Å²) in [6, 6.07) is 2.87. The highest BCUT2D eigenvalue weighted by atomic mass is 19.4. The fraction of sp³-hybridized carbons (Fsp3) is 0.588. The normalized spacial score (nSPS) is 20.0. The van der Waals surface area contributed by atoms with E-state index in [2.05, 4.69) is 0 Å². The molecule has 1 atom stereocenters. The second-order valence-electron chi connectivity index (χ2n) is 7.50. The molecule has 0 spiro atoms. The van der Waals surface area contributed by atoms with Crippen molar-refractivity contribution < 1.29 is 32.5 Å². The quantitative estimate of drug-likeness (QED) is 0.897. The number of carbonyl (C=O) groups excluding carboxylic acids is 1. The summed E-state index contributed by atoms with van der Waals surface area (Å²) in [6.07, 6.45) is -5.20. The number of alkyl halides is 3. The van der Waals surface area contributed by atoms with Gasteiger partial charge >= 0.3 is 12.3 Å². The Balaban J connectivity index is 2.11. The molecule has 1 N–H and O–H groups in total. The van der Waals surface area contributed by atoms with Crippen molar-refractivity contribution in [2.45, 2.75) is 32.5 Å². The summed E-state index contributed by atoms with van der Waals surface area (Å²) >= 11 is 0. The van der Waals surface area contributed by atoms with Gasteiger partial charge in [-0.2, -0.15) is 13.2 Å². The van der Waals surface area contributed by atoms with Crippen molar-refractivity contribution in [2.75, 3.05) is 26.8 Å². The summed E-state index contributed by atoms with van der Waals surface area (Å²) in [7, 11) is 1.55. The van der Waals surface area contributed by atoms with Gasteiger partial charge in [0.15, 0.2) is 5.60 Å². The molecule has 0 fully saturated rings. The third-order valence-corrected chi connectivity index (χ3v) is 3.73. The highest BCUT2D eigenvalue weighted by Gasteiger charge is 2.43. The number of ether oxygens (including phenoxy) is 2. The summed E-state index contributed by atoms with van der Waals surface area (Å²) in [5.74, 6) is 0.148. The molecule has 1 aliphatic rings. The van der Waals surface area contributed by atoms with Crippen LogP contribution in [0.4, 0.5) is 18.0 Å². The number of hydrogen-bond donors (Lipinski definition) is 1. The van der Waals surface area contributed by atoms with Gasteiger partial charge in [-0.3, -0.25) is 0 Å². The lowest BCUT2D eigenvalue weighted by Gasteiger charge is -2.28. The number of amides is 1. The highest BCUT2D eigenvalue weighted by Crippen LogP contribution is 2.41. The van der Waals surface area contributed by atoms with Gasteiger partial charge in [-0.15, -0.1) is 0 Å². The molecule has 8 heteroatoms. The topological polar surface area (TPSA) is 59.0 Å². The molecule has 1 aliphatic heterocycles. The lowest BCUT2D eigenvalue weighted by Crippen LogP contribution is -2.39. The first-order valence-electron chi connectivity index (χ1n) is 7.77. The lowest BCUT2D eigenvalue weighted by atomic mass is 9.95. The number of halogens is 3. The number of aliphatic hydroxyl groups is 1. The molecule has 1 heterocycles. The Morgan fingerprint density at radius 3 is 2.56 bits per heavy atom. The van der Waals surface area contributed by atoms with E-state index in [0.717, 1.165) is 18.2 Å². The van der Waals surface area contributed by atoms with Crippen LogP contribution in [0.2, 0.25) is 0 Å². The Hall–Kier alpha value is -1.96. The largest absolute Gasteiger partial charge is 0.490 e. The zero-order valence-electron chi connectivity index (χ0n) is 14.6. The van der Waals surface area contributed by atoms with E-state index in [1.54, 1.807) is 7.05 Å². The van der Waals surface area contributed by atoms with Gasteiger partial charge in [-0.1, -0.05) is 20.8 Å². The number of hydrogen-bond acceptors (Lipinski definition) is 4. The Labute approximate surface area is 144 Å². The van der Waals surface area contributed by atoms with E-state index < -0.39 is 30.0 Å². The molecule has 5 nitrogen and oxygen atoms in total. The Morgan fingerprint density at radius 1 is 1.36 bits per heavy atom. The van der Waals surface area contributed by atoms with Crippen molar-refractivity contribution in [3.05, 3.63) is 29.3 Å². The summed E-state index contributed by atoms with van der Waals surface area (Å²) < 4.78 is 48.9. The van der Waals surface area contributed by atoms with Gasteiger partial charge < -0.3 is 19.5 Å². The predicted molar refractivity (Wildman–Crippen MR) is 84.3 cm³/mol. The molecule has 0 saturated heterocycles. The second-order valence-corrected chi connectivity index (χ2v) is 7.50. The van der Waals surface area contributed by atoms with Gasteiger partial charge in [-0.05, 0) is 23.6 Å². The van der Waals surface area contributed by atoms with Crippen LogP contribution in [-0.2, 0) is 16.5 Å². The average molecular weight is 361 g/mol. The lowest BCUT2D eigenvalue weighted by molar-refractivity contribution is -0.137. The first-order chi connectivity index (χ1) is 11.3. The number of rotatable bonds is 3. The maximum atomic E-state index is 12.9. The molecule has 140 valence electrons. The fourth-order valence-corrected chi connectivity index (χ4v) is 2.66. The predicted octanol–water partition coefficient (Wildman–Crippen LogP) is 3.40. The van der Waals surface area contributed by atoms with Gasteiger partial charge in [-0.25, -0.2) is 4.79 Å². The van der Waals surface area contributed by atoms with Crippen molar-refractivity contribution >= 4 is 6.09 Å². The smallest absolute Gasteiger partial charge is 0.416 e. The van der Waals surface area contributed by atoms with Gasteiger partial charge in [0.25, 0.3) is 0 Å². The molecule has 0 bridgehead atoms. The maximum absolute atomic E-state index is 12.9. The molecular formula is C17H22F3NO4. The van der Waals surface area contributed by atoms with Crippen LogP contribution in [0.25, 0.3) is 0 Å². The third kappa shape index (κ3) is 4.56. The molecule has 0 radical (unpaired) electrons. The van der Waals surface area contributed by atoms with Crippen LogP contribution in [0.5, 0.6) is 5.75 Å². The molecule has 25 heavy (non-hydrogen) atoms. The molecule has 2 rings (SSSR count). The van der Waals surface area contributed by atoms with Crippen molar-refractivity contribution in [3.63, 3.8) is 0 Å². The van der Waals surface area contributed by atoms with Crippen LogP contribution >= 0.6 is 0 Å². The first kappa shape index (κ1) is 19.4. The molecule has 1 amide bonds. The van der Waals surface area contributed by atoms with E-state index in [1.807, 2.05) is 20.8 Å². The fourth-order valence-electron chi connectivity index (χ4n) is 2.66. The Kier molecular flexibility index (Phi) is 4.96. The molecule has 0 aliphatic carbocycles. The van der Waals surface area contributed by atoms with Crippen LogP contribution in [0.1, 0.15) is 31.9 Å². The van der Waals surface area contributed by atoms with E-state index in [0.29, 0.717) is 6.54 Å². The number of benzene rings is 1. The van der Waals surface area contributed by atoms with Gasteiger partial charge in [0, 0.05) is 19.2 Å². The van der Waals surface area contributed by atoms with Crippen molar-refractivity contribution in [2.24, 2.45) is 5.41 Å². The summed E-state index contributed by atoms with van der Waals surface area (Å²) in [5, 5.41) is 10.6. The maximum Gasteiger partial charge on any atom is 0.416 e. The Bertz CT molecular complexity index is 654. The molecule has 1 aromatic rings. The summed E-state index contributed by atoms with van der Waals surface area (Å²) in [6.45, 7) is 5.50. The molecule has 1 aromatic carbocycles. The van der Waals surface area contributed by atoms with Crippen LogP contribution in [0.15, 0.2) is 18.2 Å². The van der Waals surface area contributed by atoms with Gasteiger partial charge in [0.1, 0.15) is 19.0 Å². The molecule has 0 aromatic heterocycles. The van der Waals surface area contributed by atoms with Crippen molar-refractivity contribution in [1.29, 1.82) is 0 Å². The van der Waals surface area contributed by atoms with Crippen LogP contribution in [0, 0.1) is 5.41 Å². The number of fused-ring (bicyclic) bond motifs is 1. The van der Waals surface area contributed by atoms with Crippen molar-refractivity contribution in [3.8, 4) is 5.75 Å². The zero-order chi connectivity index (χ0) is 19.0. The monoisotopic (exact) mass is 361 g/mol. The van der Waals surface area contributed by atoms with Gasteiger partial charge in [0.05, 0.1) is 5.56 Å². The number of nitrogens with zero attached hydrogens (tertiary/aromatic N) is 1. The van der Waals surface area contributed by atoms with Crippen LogP contribution < -0.4 is 4.74 Å². The standard InChI is InChI=1S/C17H22F3NO4/c1-15(2,3)8-21(4)14(22)25-10-16(23)9-24-13-6-5-11(7-12(13)16)17(18,19)20/h5-7,23H,8-10H2,1-4H3. The molecule has 0 saturated carbocycles. The van der Waals surface area contributed by atoms with E-state index in [-0.39, 0.29) is 23.3 Å². The zero-order valence-corrected chi connectivity index (χ0v) is 14.6. The van der Waals surface area contributed by atoms with E-state index in [1.165, 1.54) is 4.90 Å². The summed E-state index contributed by atoms with van der Waals surface area (Å²) in [5.41, 5.74) is -2.88. The van der Waals surface area contributed by atoms with E-state index in [4.69, 9.17) is 9.47 Å².